The molecule has 0 bridgehead atoms. The van der Waals surface area contributed by atoms with E-state index in [4.69, 9.17) is 0 Å². The molecule has 1 saturated heterocycles. The number of nitrogens with zero attached hydrogens (tertiary/aromatic N) is 1. The van der Waals surface area contributed by atoms with Crippen molar-refractivity contribution in [1.29, 1.82) is 0 Å². The van der Waals surface area contributed by atoms with Crippen LogP contribution in [0, 0.1) is 11.8 Å². The van der Waals surface area contributed by atoms with Crippen LogP contribution in [0.5, 0.6) is 0 Å². The topological polar surface area (TPSA) is 15.3 Å². The Kier molecular flexibility index (Phi) is 5.12. The summed E-state index contributed by atoms with van der Waals surface area (Å²) in [6.45, 7) is 1.87. The van der Waals surface area contributed by atoms with Gasteiger partial charge in [-0.1, -0.05) is 12.8 Å². The molecule has 0 radical (unpaired) electrons. The van der Waals surface area contributed by atoms with Crippen LogP contribution in [0.2, 0.25) is 0 Å². The summed E-state index contributed by atoms with van der Waals surface area (Å²) in [6.07, 6.45) is 1.75. The second-order valence-corrected chi connectivity index (χ2v) is 6.08. The molecule has 1 aliphatic carbocycles. The summed E-state index contributed by atoms with van der Waals surface area (Å²) in [5, 5.41) is 3.34. The van der Waals surface area contributed by atoms with Gasteiger partial charge in [0.2, 0.25) is 0 Å². The van der Waals surface area contributed by atoms with E-state index in [2.05, 4.69) is 5.32 Å². The minimum absolute atomic E-state index is 0.205. The molecule has 2 rings (SSSR count). The first-order chi connectivity index (χ1) is 9.00. The Hall–Kier alpha value is -0.290. The van der Waals surface area contributed by atoms with E-state index >= 15 is 0 Å². The fourth-order valence-electron chi connectivity index (χ4n) is 3.63. The van der Waals surface area contributed by atoms with E-state index in [1.165, 1.54) is 12.8 Å². The van der Waals surface area contributed by atoms with Crippen LogP contribution in [0.4, 0.5) is 13.2 Å². The number of nitrogens with one attached hydrogen (secondary N) is 1. The van der Waals surface area contributed by atoms with Gasteiger partial charge in [0.05, 0.1) is 5.92 Å². The van der Waals surface area contributed by atoms with Crippen LogP contribution in [0.15, 0.2) is 0 Å². The van der Waals surface area contributed by atoms with Gasteiger partial charge in [0, 0.05) is 19.1 Å². The molecule has 0 aromatic carbocycles. The lowest BCUT2D eigenvalue weighted by Crippen LogP contribution is -2.47. The Bertz CT molecular complexity index is 280. The van der Waals surface area contributed by atoms with Gasteiger partial charge in [-0.3, -0.25) is 0 Å². The average Bonchev–Trinajstić information content (AvgIpc) is 2.39. The predicted molar refractivity (Wildman–Crippen MR) is 70.0 cm³/mol. The van der Waals surface area contributed by atoms with E-state index in [9.17, 15) is 13.2 Å². The van der Waals surface area contributed by atoms with Crippen molar-refractivity contribution in [2.24, 2.45) is 11.8 Å². The molecule has 19 heavy (non-hydrogen) atoms. The van der Waals surface area contributed by atoms with Gasteiger partial charge in [-0.25, -0.2) is 0 Å². The zero-order chi connectivity index (χ0) is 13.9. The van der Waals surface area contributed by atoms with Crippen LogP contribution in [0.3, 0.4) is 0 Å². The number of piperidine rings is 1. The standard InChI is InChI=1S/C14H25F3N2/c1-18-13-7-3-2-5-11(13)9-19-8-4-6-12(10-19)14(15,16)17/h11-13,18H,2-10H2,1H3. The first kappa shape index (κ1) is 15.1. The highest BCUT2D eigenvalue weighted by Gasteiger charge is 2.42. The third-order valence-electron chi connectivity index (χ3n) is 4.74. The SMILES string of the molecule is CNC1CCCCC1CN1CCCC(C(F)(F)F)C1. The van der Waals surface area contributed by atoms with Gasteiger partial charge in [0.1, 0.15) is 0 Å². The molecule has 0 aromatic rings. The van der Waals surface area contributed by atoms with E-state index < -0.39 is 12.1 Å². The maximum Gasteiger partial charge on any atom is 0.393 e. The van der Waals surface area contributed by atoms with E-state index in [0.29, 0.717) is 24.8 Å². The highest BCUT2D eigenvalue weighted by atomic mass is 19.4. The summed E-state index contributed by atoms with van der Waals surface area (Å²) in [6, 6.07) is 0.486. The molecule has 1 aliphatic heterocycles. The van der Waals surface area contributed by atoms with Crippen molar-refractivity contribution < 1.29 is 13.2 Å². The summed E-state index contributed by atoms with van der Waals surface area (Å²) in [5.74, 6) is -0.594. The monoisotopic (exact) mass is 278 g/mol. The minimum atomic E-state index is -4.02. The number of halogens is 3. The average molecular weight is 278 g/mol. The highest BCUT2D eigenvalue weighted by Crippen LogP contribution is 2.34. The molecule has 2 aliphatic rings. The van der Waals surface area contributed by atoms with Gasteiger partial charge in [-0.2, -0.15) is 13.2 Å². The van der Waals surface area contributed by atoms with E-state index in [-0.39, 0.29) is 6.54 Å². The van der Waals surface area contributed by atoms with Crippen LogP contribution < -0.4 is 5.32 Å². The number of alkyl halides is 3. The maximum atomic E-state index is 12.8. The third-order valence-corrected chi connectivity index (χ3v) is 4.74. The normalized spacial score (nSPS) is 34.4. The van der Waals surface area contributed by atoms with Crippen LogP contribution >= 0.6 is 0 Å². The third kappa shape index (κ3) is 4.09. The summed E-state index contributed by atoms with van der Waals surface area (Å²) >= 11 is 0. The maximum absolute atomic E-state index is 12.8. The Morgan fingerprint density at radius 3 is 2.53 bits per heavy atom. The molecule has 0 spiro atoms. The Balaban J connectivity index is 1.87. The van der Waals surface area contributed by atoms with Gasteiger partial charge in [-0.05, 0) is 45.2 Å². The molecule has 2 fully saturated rings. The molecule has 1 heterocycles. The number of likely N-dealkylation sites (tertiary alicyclic amines) is 1. The summed E-state index contributed by atoms with van der Waals surface area (Å²) in [7, 11) is 1.97. The second-order valence-electron chi connectivity index (χ2n) is 6.08. The lowest BCUT2D eigenvalue weighted by molar-refractivity contribution is -0.187. The molecule has 1 saturated carbocycles. The summed E-state index contributed by atoms with van der Waals surface area (Å²) in [4.78, 5) is 2.04. The van der Waals surface area contributed by atoms with Gasteiger partial charge in [0.15, 0.2) is 0 Å². The van der Waals surface area contributed by atoms with Crippen LogP contribution in [-0.2, 0) is 0 Å². The molecule has 112 valence electrons. The Morgan fingerprint density at radius 1 is 1.11 bits per heavy atom. The van der Waals surface area contributed by atoms with E-state index in [1.807, 2.05) is 11.9 Å². The van der Waals surface area contributed by atoms with Crippen molar-refractivity contribution in [3.05, 3.63) is 0 Å². The van der Waals surface area contributed by atoms with Gasteiger partial charge < -0.3 is 10.2 Å². The molecule has 0 aromatic heterocycles. The van der Waals surface area contributed by atoms with Gasteiger partial charge in [0.25, 0.3) is 0 Å². The molecule has 3 unspecified atom stereocenters. The summed E-state index contributed by atoms with van der Waals surface area (Å²) < 4.78 is 38.4. The fourth-order valence-corrected chi connectivity index (χ4v) is 3.63. The largest absolute Gasteiger partial charge is 0.393 e. The zero-order valence-electron chi connectivity index (χ0n) is 11.7. The second kappa shape index (κ2) is 6.44. The van der Waals surface area contributed by atoms with Gasteiger partial charge in [-0.15, -0.1) is 0 Å². The van der Waals surface area contributed by atoms with Crippen molar-refractivity contribution >= 4 is 0 Å². The zero-order valence-corrected chi connectivity index (χ0v) is 11.7. The molecule has 0 amide bonds. The fraction of sp³-hybridized carbons (Fsp3) is 1.00. The van der Waals surface area contributed by atoms with Gasteiger partial charge >= 0.3 is 6.18 Å². The quantitative estimate of drug-likeness (QED) is 0.853. The molecule has 1 N–H and O–H groups in total. The van der Waals surface area contributed by atoms with Crippen LogP contribution in [-0.4, -0.2) is 43.8 Å². The molecular formula is C14H25F3N2. The van der Waals surface area contributed by atoms with Crippen molar-refractivity contribution in [3.8, 4) is 0 Å². The number of rotatable bonds is 3. The van der Waals surface area contributed by atoms with Crippen LogP contribution in [0.25, 0.3) is 0 Å². The molecular weight excluding hydrogens is 253 g/mol. The number of hydrogen-bond donors (Lipinski definition) is 1. The Morgan fingerprint density at radius 2 is 1.84 bits per heavy atom. The number of hydrogen-bond acceptors (Lipinski definition) is 2. The predicted octanol–water partition coefficient (Wildman–Crippen LogP) is 3.04. The van der Waals surface area contributed by atoms with Crippen molar-refractivity contribution in [2.45, 2.75) is 50.7 Å². The first-order valence-corrected chi connectivity index (χ1v) is 7.47. The highest BCUT2D eigenvalue weighted by molar-refractivity contribution is 4.85. The molecule has 2 nitrogen and oxygen atoms in total. The molecule has 5 heteroatoms. The first-order valence-electron chi connectivity index (χ1n) is 7.47. The van der Waals surface area contributed by atoms with Crippen molar-refractivity contribution in [2.75, 3.05) is 26.7 Å². The smallest absolute Gasteiger partial charge is 0.317 e. The lowest BCUT2D eigenvalue weighted by Gasteiger charge is -2.39. The summed E-state index contributed by atoms with van der Waals surface area (Å²) in [5.41, 5.74) is 0. The van der Waals surface area contributed by atoms with E-state index in [1.54, 1.807) is 0 Å². The Labute approximate surface area is 113 Å². The van der Waals surface area contributed by atoms with Crippen molar-refractivity contribution in [1.82, 2.24) is 10.2 Å². The van der Waals surface area contributed by atoms with Crippen molar-refractivity contribution in [3.63, 3.8) is 0 Å². The molecule has 3 atom stereocenters. The minimum Gasteiger partial charge on any atom is -0.317 e. The van der Waals surface area contributed by atoms with E-state index in [0.717, 1.165) is 25.9 Å². The van der Waals surface area contributed by atoms with Crippen LogP contribution in [0.1, 0.15) is 38.5 Å². The lowest BCUT2D eigenvalue weighted by atomic mass is 9.83.